The first kappa shape index (κ1) is 14.9. The Morgan fingerprint density at radius 2 is 2.22 bits per heavy atom. The number of methoxy groups -OCH3 is 1. The van der Waals surface area contributed by atoms with Gasteiger partial charge >= 0.3 is 0 Å². The largest absolute Gasteiger partial charge is 0.504 e. The number of furan rings is 1. The van der Waals surface area contributed by atoms with Gasteiger partial charge < -0.3 is 14.3 Å². The molecule has 0 aliphatic carbocycles. The number of ether oxygens (including phenoxy) is 1. The quantitative estimate of drug-likeness (QED) is 0.874. The van der Waals surface area contributed by atoms with Crippen LogP contribution in [0.5, 0.6) is 11.5 Å². The summed E-state index contributed by atoms with van der Waals surface area (Å²) < 4.78 is 11.2. The molecule has 0 saturated carbocycles. The van der Waals surface area contributed by atoms with E-state index in [9.17, 15) is 5.11 Å². The molecule has 1 aromatic carbocycles. The van der Waals surface area contributed by atoms with Gasteiger partial charge in [-0.25, -0.2) is 0 Å². The lowest BCUT2D eigenvalue weighted by atomic mass is 9.86. The zero-order valence-corrected chi connectivity index (χ0v) is 13.9. The maximum absolute atomic E-state index is 10.1. The minimum atomic E-state index is 0.217. The van der Waals surface area contributed by atoms with E-state index in [-0.39, 0.29) is 5.75 Å². The third-order valence-electron chi connectivity index (χ3n) is 4.96. The molecule has 122 valence electrons. The van der Waals surface area contributed by atoms with Crippen LogP contribution in [-0.4, -0.2) is 29.5 Å². The lowest BCUT2D eigenvalue weighted by Gasteiger charge is -2.40. The van der Waals surface area contributed by atoms with E-state index in [1.54, 1.807) is 7.11 Å². The SMILES string of the molecule is COc1cc2c(cc1O)C1Cc3cc(CCCl)oc3CN1CC2. The summed E-state index contributed by atoms with van der Waals surface area (Å²) in [6.07, 6.45) is 2.65. The fourth-order valence-electron chi connectivity index (χ4n) is 3.81. The Kier molecular flexibility index (Phi) is 3.74. The fraction of sp³-hybridized carbons (Fsp3) is 0.444. The van der Waals surface area contributed by atoms with Crippen LogP contribution in [0.3, 0.4) is 0 Å². The van der Waals surface area contributed by atoms with Gasteiger partial charge in [0.1, 0.15) is 11.5 Å². The Bertz CT molecular complexity index is 740. The summed E-state index contributed by atoms with van der Waals surface area (Å²) in [4.78, 5) is 2.44. The van der Waals surface area contributed by atoms with Crippen LogP contribution in [-0.2, 0) is 25.8 Å². The standard InChI is InChI=1S/C18H20ClNO3/c1-22-17-8-11-3-5-20-10-18-12(6-13(23-18)2-4-19)7-15(20)14(11)9-16(17)21/h6,8-9,15,21H,2-5,7,10H2,1H3. The summed E-state index contributed by atoms with van der Waals surface area (Å²) in [5, 5.41) is 10.1. The topological polar surface area (TPSA) is 45.8 Å². The number of phenolic OH excluding ortho intramolecular Hbond substituents is 1. The Labute approximate surface area is 140 Å². The lowest BCUT2D eigenvalue weighted by Crippen LogP contribution is -2.38. The van der Waals surface area contributed by atoms with Crippen LogP contribution in [0.1, 0.15) is 34.3 Å². The molecule has 3 heterocycles. The molecule has 0 amide bonds. The molecule has 0 bridgehead atoms. The summed E-state index contributed by atoms with van der Waals surface area (Å²) in [7, 11) is 1.59. The van der Waals surface area contributed by atoms with E-state index in [0.717, 1.165) is 43.9 Å². The van der Waals surface area contributed by atoms with Crippen LogP contribution in [0.15, 0.2) is 22.6 Å². The molecule has 23 heavy (non-hydrogen) atoms. The van der Waals surface area contributed by atoms with Gasteiger partial charge in [-0.1, -0.05) is 0 Å². The monoisotopic (exact) mass is 333 g/mol. The average Bonchev–Trinajstić information content (AvgIpc) is 2.94. The normalized spacial score (nSPS) is 19.8. The van der Waals surface area contributed by atoms with Crippen LogP contribution in [0.25, 0.3) is 0 Å². The maximum Gasteiger partial charge on any atom is 0.160 e. The maximum atomic E-state index is 10.1. The minimum absolute atomic E-state index is 0.217. The highest BCUT2D eigenvalue weighted by Gasteiger charge is 2.34. The number of nitrogens with zero attached hydrogens (tertiary/aromatic N) is 1. The van der Waals surface area contributed by atoms with Gasteiger partial charge in [0.05, 0.1) is 13.7 Å². The Morgan fingerprint density at radius 1 is 1.35 bits per heavy atom. The number of aryl methyl sites for hydroxylation is 1. The third kappa shape index (κ3) is 2.50. The van der Waals surface area contributed by atoms with Crippen LogP contribution >= 0.6 is 11.6 Å². The number of hydrogen-bond acceptors (Lipinski definition) is 4. The van der Waals surface area contributed by atoms with Gasteiger partial charge in [0.25, 0.3) is 0 Å². The number of aromatic hydroxyl groups is 1. The van der Waals surface area contributed by atoms with Crippen molar-refractivity contribution in [3.63, 3.8) is 0 Å². The molecule has 2 aromatic rings. The summed E-state index contributed by atoms with van der Waals surface area (Å²) in [6.45, 7) is 1.82. The summed E-state index contributed by atoms with van der Waals surface area (Å²) in [6, 6.07) is 6.29. The number of phenols is 1. The smallest absolute Gasteiger partial charge is 0.160 e. The molecular formula is C18H20ClNO3. The highest BCUT2D eigenvalue weighted by atomic mass is 35.5. The van der Waals surface area contributed by atoms with Crippen LogP contribution in [0.4, 0.5) is 0 Å². The molecule has 2 aliphatic rings. The fourth-order valence-corrected chi connectivity index (χ4v) is 3.99. The first-order valence-electron chi connectivity index (χ1n) is 8.00. The first-order chi connectivity index (χ1) is 11.2. The van der Waals surface area contributed by atoms with Crippen molar-refractivity contribution in [2.24, 2.45) is 0 Å². The van der Waals surface area contributed by atoms with E-state index in [1.807, 2.05) is 12.1 Å². The number of benzene rings is 1. The summed E-state index contributed by atoms with van der Waals surface area (Å²) >= 11 is 5.82. The molecule has 1 atom stereocenters. The molecule has 0 fully saturated rings. The van der Waals surface area contributed by atoms with Crippen molar-refractivity contribution < 1.29 is 14.3 Å². The van der Waals surface area contributed by atoms with Gasteiger partial charge in [-0.15, -0.1) is 11.6 Å². The second-order valence-electron chi connectivity index (χ2n) is 6.26. The second kappa shape index (κ2) is 5.77. The van der Waals surface area contributed by atoms with Gasteiger partial charge in [0, 0.05) is 24.9 Å². The molecular weight excluding hydrogens is 314 g/mol. The number of hydrogen-bond donors (Lipinski definition) is 1. The average molecular weight is 334 g/mol. The predicted molar refractivity (Wildman–Crippen MR) is 88.3 cm³/mol. The van der Waals surface area contributed by atoms with Crippen molar-refractivity contribution >= 4 is 11.6 Å². The zero-order valence-electron chi connectivity index (χ0n) is 13.1. The van der Waals surface area contributed by atoms with Crippen molar-refractivity contribution in [1.82, 2.24) is 4.90 Å². The highest BCUT2D eigenvalue weighted by molar-refractivity contribution is 6.17. The van der Waals surface area contributed by atoms with Gasteiger partial charge in [-0.2, -0.15) is 0 Å². The van der Waals surface area contributed by atoms with Gasteiger partial charge in [-0.05, 0) is 47.7 Å². The third-order valence-corrected chi connectivity index (χ3v) is 5.15. The summed E-state index contributed by atoms with van der Waals surface area (Å²) in [5.41, 5.74) is 3.75. The van der Waals surface area contributed by atoms with E-state index >= 15 is 0 Å². The molecule has 4 rings (SSSR count). The molecule has 1 aromatic heterocycles. The molecule has 5 heteroatoms. The number of fused-ring (bicyclic) bond motifs is 4. The zero-order chi connectivity index (χ0) is 16.0. The molecule has 0 saturated heterocycles. The second-order valence-corrected chi connectivity index (χ2v) is 6.64. The van der Waals surface area contributed by atoms with E-state index < -0.39 is 0 Å². The number of halogens is 1. The van der Waals surface area contributed by atoms with Crippen molar-refractivity contribution in [2.45, 2.75) is 31.8 Å². The van der Waals surface area contributed by atoms with E-state index in [1.165, 1.54) is 16.7 Å². The first-order valence-corrected chi connectivity index (χ1v) is 8.53. The molecule has 0 radical (unpaired) electrons. The number of alkyl halides is 1. The number of rotatable bonds is 3. The van der Waals surface area contributed by atoms with Gasteiger partial charge in [-0.3, -0.25) is 4.90 Å². The molecule has 4 nitrogen and oxygen atoms in total. The molecule has 1 unspecified atom stereocenters. The van der Waals surface area contributed by atoms with Crippen LogP contribution < -0.4 is 4.74 Å². The van der Waals surface area contributed by atoms with E-state index in [2.05, 4.69) is 11.0 Å². The Hall–Kier alpha value is -1.65. The summed E-state index contributed by atoms with van der Waals surface area (Å²) in [5.74, 6) is 3.40. The lowest BCUT2D eigenvalue weighted by molar-refractivity contribution is 0.144. The van der Waals surface area contributed by atoms with Crippen molar-refractivity contribution in [3.05, 3.63) is 46.4 Å². The van der Waals surface area contributed by atoms with Crippen molar-refractivity contribution in [1.29, 1.82) is 0 Å². The van der Waals surface area contributed by atoms with Gasteiger partial charge in [0.15, 0.2) is 11.5 Å². The highest BCUT2D eigenvalue weighted by Crippen LogP contribution is 2.42. The van der Waals surface area contributed by atoms with Gasteiger partial charge in [0.2, 0.25) is 0 Å². The van der Waals surface area contributed by atoms with Crippen LogP contribution in [0, 0.1) is 0 Å². The van der Waals surface area contributed by atoms with E-state index in [0.29, 0.717) is 17.7 Å². The van der Waals surface area contributed by atoms with Crippen LogP contribution in [0.2, 0.25) is 0 Å². The minimum Gasteiger partial charge on any atom is -0.504 e. The van der Waals surface area contributed by atoms with E-state index in [4.69, 9.17) is 20.8 Å². The van der Waals surface area contributed by atoms with Crippen molar-refractivity contribution in [3.8, 4) is 11.5 Å². The molecule has 1 N–H and O–H groups in total. The predicted octanol–water partition coefficient (Wildman–Crippen LogP) is 3.43. The Morgan fingerprint density at radius 3 is 3.00 bits per heavy atom. The molecule has 2 aliphatic heterocycles. The van der Waals surface area contributed by atoms with Crippen molar-refractivity contribution in [2.75, 3.05) is 19.5 Å². The Balaban J connectivity index is 1.69. The molecule has 0 spiro atoms.